The highest BCUT2D eigenvalue weighted by molar-refractivity contribution is 9.10. The zero-order chi connectivity index (χ0) is 14.8. The molecular weight excluding hydrogens is 350 g/mol. The average Bonchev–Trinajstić information content (AvgIpc) is 2.88. The molecule has 2 nitrogen and oxygen atoms in total. The number of ether oxygens (including phenoxy) is 1. The highest BCUT2D eigenvalue weighted by atomic mass is 79.9. The van der Waals surface area contributed by atoms with E-state index in [1.165, 1.54) is 11.1 Å². The molecule has 1 aliphatic carbocycles. The molecule has 2 aromatic rings. The van der Waals surface area contributed by atoms with Crippen LogP contribution in [0.15, 0.2) is 40.9 Å². The van der Waals surface area contributed by atoms with Gasteiger partial charge in [-0.15, -0.1) is 0 Å². The smallest absolute Gasteiger partial charge is 0.124 e. The van der Waals surface area contributed by atoms with Gasteiger partial charge in [-0.1, -0.05) is 39.7 Å². The van der Waals surface area contributed by atoms with E-state index in [1.807, 2.05) is 18.2 Å². The standard InChI is InChI=1S/C17H17BrClNO/c1-21-17-4-2-3-15(19)14(17)10-20-16-8-5-11-9-12(18)6-7-13(11)16/h2-4,6-7,9,16,20H,5,8,10H2,1H3. The summed E-state index contributed by atoms with van der Waals surface area (Å²) >= 11 is 9.82. The molecule has 0 saturated carbocycles. The van der Waals surface area contributed by atoms with Crippen LogP contribution in [0.3, 0.4) is 0 Å². The number of halogens is 2. The SMILES string of the molecule is COc1cccc(Cl)c1CNC1CCc2cc(Br)ccc21. The van der Waals surface area contributed by atoms with Crippen molar-refractivity contribution in [1.82, 2.24) is 5.32 Å². The monoisotopic (exact) mass is 365 g/mol. The Morgan fingerprint density at radius 1 is 1.33 bits per heavy atom. The van der Waals surface area contributed by atoms with E-state index < -0.39 is 0 Å². The molecule has 1 N–H and O–H groups in total. The lowest BCUT2D eigenvalue weighted by molar-refractivity contribution is 0.405. The Morgan fingerprint density at radius 2 is 2.19 bits per heavy atom. The number of fused-ring (bicyclic) bond motifs is 1. The van der Waals surface area contributed by atoms with Gasteiger partial charge in [0, 0.05) is 27.6 Å². The summed E-state index contributed by atoms with van der Waals surface area (Å²) in [5.41, 5.74) is 3.84. The van der Waals surface area contributed by atoms with Crippen LogP contribution in [0.25, 0.3) is 0 Å². The van der Waals surface area contributed by atoms with Gasteiger partial charge in [-0.2, -0.15) is 0 Å². The summed E-state index contributed by atoms with van der Waals surface area (Å²) in [4.78, 5) is 0. The summed E-state index contributed by atoms with van der Waals surface area (Å²) in [6, 6.07) is 12.7. The number of nitrogens with one attached hydrogen (secondary N) is 1. The zero-order valence-corrected chi connectivity index (χ0v) is 14.2. The Kier molecular flexibility index (Phi) is 4.53. The summed E-state index contributed by atoms with van der Waals surface area (Å²) in [5.74, 6) is 0.837. The lowest BCUT2D eigenvalue weighted by Gasteiger charge is -2.16. The van der Waals surface area contributed by atoms with Crippen molar-refractivity contribution >= 4 is 27.5 Å². The molecule has 0 amide bonds. The van der Waals surface area contributed by atoms with Crippen molar-refractivity contribution < 1.29 is 4.74 Å². The Hall–Kier alpha value is -1.03. The molecule has 0 aromatic heterocycles. The third-order valence-electron chi connectivity index (χ3n) is 4.00. The number of aryl methyl sites for hydroxylation is 1. The molecule has 0 fully saturated rings. The van der Waals surface area contributed by atoms with Crippen LogP contribution in [0.5, 0.6) is 5.75 Å². The number of methoxy groups -OCH3 is 1. The lowest BCUT2D eigenvalue weighted by atomic mass is 10.1. The fourth-order valence-corrected chi connectivity index (χ4v) is 3.57. The van der Waals surface area contributed by atoms with E-state index in [-0.39, 0.29) is 0 Å². The van der Waals surface area contributed by atoms with Crippen molar-refractivity contribution in [3.8, 4) is 5.75 Å². The molecule has 0 bridgehead atoms. The number of benzene rings is 2. The second-order valence-corrected chi connectivity index (χ2v) is 6.56. The zero-order valence-electron chi connectivity index (χ0n) is 11.8. The first-order valence-electron chi connectivity index (χ1n) is 7.02. The highest BCUT2D eigenvalue weighted by Crippen LogP contribution is 2.34. The Bertz CT molecular complexity index is 659. The molecule has 0 aliphatic heterocycles. The van der Waals surface area contributed by atoms with E-state index in [0.717, 1.165) is 33.6 Å². The van der Waals surface area contributed by atoms with Crippen LogP contribution < -0.4 is 10.1 Å². The van der Waals surface area contributed by atoms with E-state index in [9.17, 15) is 0 Å². The molecule has 0 saturated heterocycles. The molecule has 21 heavy (non-hydrogen) atoms. The van der Waals surface area contributed by atoms with Gasteiger partial charge in [0.2, 0.25) is 0 Å². The van der Waals surface area contributed by atoms with Gasteiger partial charge in [0.05, 0.1) is 7.11 Å². The number of hydrogen-bond donors (Lipinski definition) is 1. The summed E-state index contributed by atoms with van der Waals surface area (Å²) in [7, 11) is 1.68. The van der Waals surface area contributed by atoms with Crippen LogP contribution in [0.1, 0.15) is 29.2 Å². The minimum Gasteiger partial charge on any atom is -0.496 e. The van der Waals surface area contributed by atoms with E-state index in [2.05, 4.69) is 39.4 Å². The van der Waals surface area contributed by atoms with Gasteiger partial charge in [0.1, 0.15) is 5.75 Å². The average molecular weight is 367 g/mol. The van der Waals surface area contributed by atoms with Gasteiger partial charge in [0.25, 0.3) is 0 Å². The second kappa shape index (κ2) is 6.39. The van der Waals surface area contributed by atoms with E-state index in [1.54, 1.807) is 7.11 Å². The van der Waals surface area contributed by atoms with Crippen molar-refractivity contribution in [2.24, 2.45) is 0 Å². The molecular formula is C17H17BrClNO. The first-order chi connectivity index (χ1) is 10.2. The van der Waals surface area contributed by atoms with Crippen LogP contribution in [-0.2, 0) is 13.0 Å². The third kappa shape index (κ3) is 3.10. The number of rotatable bonds is 4. The number of hydrogen-bond acceptors (Lipinski definition) is 2. The summed E-state index contributed by atoms with van der Waals surface area (Å²) in [5, 5.41) is 4.36. The van der Waals surface area contributed by atoms with Crippen molar-refractivity contribution in [2.45, 2.75) is 25.4 Å². The van der Waals surface area contributed by atoms with Gasteiger partial charge < -0.3 is 10.1 Å². The summed E-state index contributed by atoms with van der Waals surface area (Å²) in [6.07, 6.45) is 2.24. The minimum atomic E-state index is 0.383. The van der Waals surface area contributed by atoms with Crippen LogP contribution in [0.2, 0.25) is 5.02 Å². The van der Waals surface area contributed by atoms with Gasteiger partial charge in [-0.05, 0) is 48.2 Å². The normalized spacial score (nSPS) is 16.8. The van der Waals surface area contributed by atoms with Crippen molar-refractivity contribution in [3.05, 3.63) is 62.6 Å². The summed E-state index contributed by atoms with van der Waals surface area (Å²) < 4.78 is 6.54. The van der Waals surface area contributed by atoms with E-state index >= 15 is 0 Å². The van der Waals surface area contributed by atoms with Crippen LogP contribution in [0.4, 0.5) is 0 Å². The fourth-order valence-electron chi connectivity index (χ4n) is 2.93. The highest BCUT2D eigenvalue weighted by Gasteiger charge is 2.22. The third-order valence-corrected chi connectivity index (χ3v) is 4.85. The molecule has 1 aliphatic rings. The lowest BCUT2D eigenvalue weighted by Crippen LogP contribution is -2.19. The maximum atomic E-state index is 6.29. The topological polar surface area (TPSA) is 21.3 Å². The Balaban J connectivity index is 1.76. The molecule has 3 rings (SSSR count). The Morgan fingerprint density at radius 3 is 3.00 bits per heavy atom. The molecule has 1 atom stereocenters. The first-order valence-corrected chi connectivity index (χ1v) is 8.19. The van der Waals surface area contributed by atoms with Crippen LogP contribution in [0, 0.1) is 0 Å². The quantitative estimate of drug-likeness (QED) is 0.832. The van der Waals surface area contributed by atoms with Crippen LogP contribution in [-0.4, -0.2) is 7.11 Å². The molecule has 1 unspecified atom stereocenters. The van der Waals surface area contributed by atoms with Gasteiger partial charge >= 0.3 is 0 Å². The fraction of sp³-hybridized carbons (Fsp3) is 0.294. The molecule has 0 radical (unpaired) electrons. The van der Waals surface area contributed by atoms with Crippen molar-refractivity contribution in [1.29, 1.82) is 0 Å². The maximum Gasteiger partial charge on any atom is 0.124 e. The minimum absolute atomic E-state index is 0.383. The van der Waals surface area contributed by atoms with Crippen LogP contribution >= 0.6 is 27.5 Å². The van der Waals surface area contributed by atoms with Crippen molar-refractivity contribution in [2.75, 3.05) is 7.11 Å². The predicted octanol–water partition coefficient (Wildman–Crippen LogP) is 4.89. The maximum absolute atomic E-state index is 6.29. The molecule has 110 valence electrons. The van der Waals surface area contributed by atoms with Gasteiger partial charge in [0.15, 0.2) is 0 Å². The van der Waals surface area contributed by atoms with Gasteiger partial charge in [-0.3, -0.25) is 0 Å². The summed E-state index contributed by atoms with van der Waals surface area (Å²) in [6.45, 7) is 0.711. The molecule has 0 heterocycles. The molecule has 2 aromatic carbocycles. The second-order valence-electron chi connectivity index (χ2n) is 5.24. The molecule has 0 spiro atoms. The predicted molar refractivity (Wildman–Crippen MR) is 90.0 cm³/mol. The van der Waals surface area contributed by atoms with Gasteiger partial charge in [-0.25, -0.2) is 0 Å². The first kappa shape index (κ1) is 14.9. The van der Waals surface area contributed by atoms with Crippen molar-refractivity contribution in [3.63, 3.8) is 0 Å². The Labute approximate surface area is 138 Å². The molecule has 4 heteroatoms. The largest absolute Gasteiger partial charge is 0.496 e. The van der Waals surface area contributed by atoms with E-state index in [0.29, 0.717) is 12.6 Å². The van der Waals surface area contributed by atoms with E-state index in [4.69, 9.17) is 16.3 Å².